The molecule has 1 aliphatic rings. The monoisotopic (exact) mass is 651 g/mol. The van der Waals surface area contributed by atoms with Crippen molar-refractivity contribution in [2.45, 2.75) is 45.5 Å². The second kappa shape index (κ2) is 11.2. The van der Waals surface area contributed by atoms with Gasteiger partial charge in [0.25, 0.3) is 17.6 Å². The number of carbonyl (C=O) groups is 2. The normalized spacial score (nSPS) is 14.1. The topological polar surface area (TPSA) is 133 Å². The highest BCUT2D eigenvalue weighted by Gasteiger charge is 2.37. The van der Waals surface area contributed by atoms with Crippen LogP contribution in [0.2, 0.25) is 5.02 Å². The van der Waals surface area contributed by atoms with Gasteiger partial charge in [-0.3, -0.25) is 9.59 Å². The number of anilines is 1. The second-order valence-corrected chi connectivity index (χ2v) is 10.9. The van der Waals surface area contributed by atoms with E-state index in [9.17, 15) is 22.8 Å². The van der Waals surface area contributed by atoms with E-state index in [4.69, 9.17) is 11.6 Å². The molecule has 3 aromatic heterocycles. The van der Waals surface area contributed by atoms with E-state index in [2.05, 4.69) is 52.1 Å². The first-order chi connectivity index (χ1) is 19.4. The molecule has 1 saturated carbocycles. The van der Waals surface area contributed by atoms with Crippen LogP contribution < -0.4 is 10.6 Å². The average molecular weight is 653 g/mol. The minimum Gasteiger partial charge on any atom is -0.349 e. The van der Waals surface area contributed by atoms with E-state index in [0.29, 0.717) is 20.8 Å². The van der Waals surface area contributed by atoms with E-state index in [0.717, 1.165) is 17.5 Å². The molecule has 1 unspecified atom stereocenters. The third kappa shape index (κ3) is 6.40. The molecular weight excluding hydrogens is 631 g/mol. The molecule has 41 heavy (non-hydrogen) atoms. The zero-order chi connectivity index (χ0) is 29.5. The second-order valence-electron chi connectivity index (χ2n) is 9.58. The lowest BCUT2D eigenvalue weighted by molar-refractivity contribution is -0.145. The molecule has 3 heterocycles. The van der Waals surface area contributed by atoms with Crippen LogP contribution >= 0.6 is 27.5 Å². The standard InChI is InChI=1S/C25H22BrClF3N9O2/c1-12-8-15(26)9-17(22(40)32-13(2)14-5-6-14)20(12)33-23(41)19-10-16(11-38-36-24(34-37-38)25(28,29)30)35-39(19)21-18(27)4-3-7-31-21/h3-4,7-10,13-14H,5-6,11H2,1-2H3,(H,32,40)(H,33,41). The molecule has 2 amide bonds. The Morgan fingerprint density at radius 3 is 2.61 bits per heavy atom. The number of benzene rings is 1. The smallest absolute Gasteiger partial charge is 0.349 e. The van der Waals surface area contributed by atoms with Crippen LogP contribution in [0.5, 0.6) is 0 Å². The maximum absolute atomic E-state index is 13.7. The lowest BCUT2D eigenvalue weighted by Gasteiger charge is -2.18. The van der Waals surface area contributed by atoms with Crippen LogP contribution in [0.1, 0.15) is 57.7 Å². The summed E-state index contributed by atoms with van der Waals surface area (Å²) in [5, 5.41) is 20.1. The molecule has 0 bridgehead atoms. The van der Waals surface area contributed by atoms with Crippen LogP contribution in [-0.2, 0) is 12.7 Å². The summed E-state index contributed by atoms with van der Waals surface area (Å²) in [5.41, 5.74) is 1.24. The Labute approximate surface area is 244 Å². The minimum absolute atomic E-state index is 0.0242. The summed E-state index contributed by atoms with van der Waals surface area (Å²) in [6.45, 7) is 3.36. The summed E-state index contributed by atoms with van der Waals surface area (Å²) >= 11 is 9.74. The minimum atomic E-state index is -4.77. The highest BCUT2D eigenvalue weighted by Crippen LogP contribution is 2.33. The number of nitrogens with zero attached hydrogens (tertiary/aromatic N) is 7. The van der Waals surface area contributed by atoms with E-state index >= 15 is 0 Å². The quantitative estimate of drug-likeness (QED) is 0.279. The molecule has 0 aliphatic heterocycles. The number of aromatic nitrogens is 7. The van der Waals surface area contributed by atoms with Gasteiger partial charge in [-0.15, -0.1) is 10.2 Å². The summed E-state index contributed by atoms with van der Waals surface area (Å²) in [7, 11) is 0. The molecule has 1 aliphatic carbocycles. The molecule has 5 rings (SSSR count). The van der Waals surface area contributed by atoms with Crippen molar-refractivity contribution in [1.29, 1.82) is 0 Å². The summed E-state index contributed by atoms with van der Waals surface area (Å²) in [6.07, 6.45) is -1.23. The van der Waals surface area contributed by atoms with Crippen LogP contribution in [0.25, 0.3) is 5.82 Å². The highest BCUT2D eigenvalue weighted by atomic mass is 79.9. The van der Waals surface area contributed by atoms with Gasteiger partial charge < -0.3 is 10.6 Å². The number of halogens is 5. The van der Waals surface area contributed by atoms with E-state index in [1.54, 1.807) is 31.2 Å². The lowest BCUT2D eigenvalue weighted by atomic mass is 10.1. The zero-order valence-corrected chi connectivity index (χ0v) is 23.9. The van der Waals surface area contributed by atoms with Gasteiger partial charge in [-0.2, -0.15) is 23.1 Å². The molecule has 4 aromatic rings. The molecule has 1 atom stereocenters. The fourth-order valence-electron chi connectivity index (χ4n) is 4.20. The van der Waals surface area contributed by atoms with Crippen LogP contribution in [0.3, 0.4) is 0 Å². The molecule has 0 saturated heterocycles. The Morgan fingerprint density at radius 2 is 1.95 bits per heavy atom. The summed E-state index contributed by atoms with van der Waals surface area (Å²) in [4.78, 5) is 31.8. The number of tetrazole rings is 1. The van der Waals surface area contributed by atoms with E-state index in [1.165, 1.54) is 12.3 Å². The van der Waals surface area contributed by atoms with Gasteiger partial charge in [-0.1, -0.05) is 27.5 Å². The van der Waals surface area contributed by atoms with Gasteiger partial charge in [0, 0.05) is 16.7 Å². The maximum atomic E-state index is 13.7. The fourth-order valence-corrected chi connectivity index (χ4v) is 4.97. The molecule has 0 radical (unpaired) electrons. The first kappa shape index (κ1) is 28.7. The Morgan fingerprint density at radius 1 is 1.20 bits per heavy atom. The van der Waals surface area contributed by atoms with E-state index in [-0.39, 0.29) is 52.0 Å². The summed E-state index contributed by atoms with van der Waals surface area (Å²) in [5.74, 6) is -1.88. The van der Waals surface area contributed by atoms with Gasteiger partial charge in [-0.25, -0.2) is 9.67 Å². The summed E-state index contributed by atoms with van der Waals surface area (Å²) in [6, 6.07) is 7.83. The van der Waals surface area contributed by atoms with Gasteiger partial charge in [0.2, 0.25) is 0 Å². The molecule has 11 nitrogen and oxygen atoms in total. The maximum Gasteiger partial charge on any atom is 0.455 e. The van der Waals surface area contributed by atoms with E-state index < -0.39 is 17.9 Å². The van der Waals surface area contributed by atoms with Crippen molar-refractivity contribution in [3.63, 3.8) is 0 Å². The molecule has 16 heteroatoms. The Hall–Kier alpha value is -3.85. The van der Waals surface area contributed by atoms with Crippen LogP contribution in [0, 0.1) is 12.8 Å². The van der Waals surface area contributed by atoms with Crippen molar-refractivity contribution >= 4 is 45.0 Å². The highest BCUT2D eigenvalue weighted by molar-refractivity contribution is 9.10. The van der Waals surface area contributed by atoms with Crippen molar-refractivity contribution in [2.24, 2.45) is 5.92 Å². The third-order valence-electron chi connectivity index (χ3n) is 6.41. The SMILES string of the molecule is Cc1cc(Br)cc(C(=O)NC(C)C2CC2)c1NC(=O)c1cc(Cn2nnc(C(F)(F)F)n2)nn1-c1ncccc1Cl. The number of pyridine rings is 1. The van der Waals surface area contributed by atoms with Crippen molar-refractivity contribution in [3.8, 4) is 5.82 Å². The van der Waals surface area contributed by atoms with Crippen molar-refractivity contribution in [1.82, 2.24) is 40.3 Å². The Bertz CT molecular complexity index is 1630. The number of alkyl halides is 3. The van der Waals surface area contributed by atoms with Crippen molar-refractivity contribution in [3.05, 3.63) is 74.4 Å². The Kier molecular flexibility index (Phi) is 7.83. The third-order valence-corrected chi connectivity index (χ3v) is 7.17. The van der Waals surface area contributed by atoms with Crippen LogP contribution in [0.4, 0.5) is 18.9 Å². The van der Waals surface area contributed by atoms with Crippen molar-refractivity contribution in [2.75, 3.05) is 5.32 Å². The summed E-state index contributed by atoms with van der Waals surface area (Å²) < 4.78 is 40.6. The number of hydrogen-bond donors (Lipinski definition) is 2. The number of carbonyl (C=O) groups excluding carboxylic acids is 2. The Balaban J connectivity index is 1.49. The number of aryl methyl sites for hydroxylation is 1. The predicted octanol–water partition coefficient (Wildman–Crippen LogP) is 4.83. The molecular formula is C25H22BrClF3N9O2. The average Bonchev–Trinajstić information content (AvgIpc) is 3.51. The predicted molar refractivity (Wildman–Crippen MR) is 145 cm³/mol. The van der Waals surface area contributed by atoms with Gasteiger partial charge in [0.05, 0.1) is 22.0 Å². The van der Waals surface area contributed by atoms with Gasteiger partial charge in [0.15, 0.2) is 5.82 Å². The van der Waals surface area contributed by atoms with Gasteiger partial charge in [-0.05, 0) is 73.7 Å². The van der Waals surface area contributed by atoms with Crippen LogP contribution in [0.15, 0.2) is 41.0 Å². The van der Waals surface area contributed by atoms with Crippen LogP contribution in [-0.4, -0.2) is 52.8 Å². The largest absolute Gasteiger partial charge is 0.455 e. The van der Waals surface area contributed by atoms with Crippen molar-refractivity contribution < 1.29 is 22.8 Å². The molecule has 2 N–H and O–H groups in total. The molecule has 1 fully saturated rings. The number of rotatable bonds is 8. The molecule has 214 valence electrons. The van der Waals surface area contributed by atoms with E-state index in [1.807, 2.05) is 6.92 Å². The van der Waals surface area contributed by atoms with Gasteiger partial charge >= 0.3 is 6.18 Å². The number of nitrogens with one attached hydrogen (secondary N) is 2. The van der Waals surface area contributed by atoms with Gasteiger partial charge in [0.1, 0.15) is 12.2 Å². The first-order valence-corrected chi connectivity index (χ1v) is 13.5. The number of amides is 2. The molecule has 1 aromatic carbocycles. The first-order valence-electron chi connectivity index (χ1n) is 12.4. The zero-order valence-electron chi connectivity index (χ0n) is 21.6. The fraction of sp³-hybridized carbons (Fsp3) is 0.320. The number of hydrogen-bond acceptors (Lipinski definition) is 7. The molecule has 0 spiro atoms. The lowest BCUT2D eigenvalue weighted by Crippen LogP contribution is -2.34.